The van der Waals surface area contributed by atoms with E-state index in [0.29, 0.717) is 23.6 Å². The first-order valence-corrected chi connectivity index (χ1v) is 12.8. The van der Waals surface area contributed by atoms with Gasteiger partial charge in [0.05, 0.1) is 12.8 Å². The number of benzene rings is 2. The SMILES string of the molecule is CCOc1ccc(C(C(=O)NC2CCCCC2)N(C(=O)c2cnccn2)c2ccc(CC)cc2)cc1. The molecule has 2 aromatic carbocycles. The Labute approximate surface area is 212 Å². The molecule has 1 heterocycles. The van der Waals surface area contributed by atoms with Gasteiger partial charge in [0, 0.05) is 24.1 Å². The molecular weight excluding hydrogens is 452 g/mol. The minimum absolute atomic E-state index is 0.104. The van der Waals surface area contributed by atoms with Crippen molar-refractivity contribution in [2.24, 2.45) is 0 Å². The van der Waals surface area contributed by atoms with E-state index in [4.69, 9.17) is 4.74 Å². The monoisotopic (exact) mass is 486 g/mol. The summed E-state index contributed by atoms with van der Waals surface area (Å²) in [5.74, 6) is 0.125. The second-order valence-corrected chi connectivity index (χ2v) is 9.03. The molecule has 1 aliphatic rings. The molecule has 4 rings (SSSR count). The van der Waals surface area contributed by atoms with E-state index in [1.165, 1.54) is 29.9 Å². The number of amides is 2. The summed E-state index contributed by atoms with van der Waals surface area (Å²) in [6.07, 6.45) is 10.6. The molecular formula is C29H34N4O3. The van der Waals surface area contributed by atoms with Gasteiger partial charge in [0.25, 0.3) is 5.91 Å². The number of aryl methyl sites for hydroxylation is 1. The second kappa shape index (κ2) is 12.3. The number of anilines is 1. The molecule has 188 valence electrons. The molecule has 1 aliphatic carbocycles. The van der Waals surface area contributed by atoms with Crippen molar-refractivity contribution in [2.75, 3.05) is 11.5 Å². The van der Waals surface area contributed by atoms with Crippen LogP contribution >= 0.6 is 0 Å². The summed E-state index contributed by atoms with van der Waals surface area (Å²) in [4.78, 5) is 37.7. The lowest BCUT2D eigenvalue weighted by molar-refractivity contribution is -0.123. The van der Waals surface area contributed by atoms with Crippen molar-refractivity contribution in [1.82, 2.24) is 15.3 Å². The van der Waals surface area contributed by atoms with Crippen LogP contribution in [0.1, 0.15) is 73.6 Å². The molecule has 2 amide bonds. The first kappa shape index (κ1) is 25.4. The van der Waals surface area contributed by atoms with Crippen molar-refractivity contribution in [3.63, 3.8) is 0 Å². The van der Waals surface area contributed by atoms with E-state index in [2.05, 4.69) is 22.2 Å². The minimum atomic E-state index is -0.885. The van der Waals surface area contributed by atoms with Gasteiger partial charge in [-0.3, -0.25) is 19.5 Å². The van der Waals surface area contributed by atoms with E-state index >= 15 is 0 Å². The highest BCUT2D eigenvalue weighted by Crippen LogP contribution is 2.31. The lowest BCUT2D eigenvalue weighted by Gasteiger charge is -2.33. The topological polar surface area (TPSA) is 84.4 Å². The van der Waals surface area contributed by atoms with Gasteiger partial charge in [-0.25, -0.2) is 4.98 Å². The van der Waals surface area contributed by atoms with Crippen LogP contribution in [0.2, 0.25) is 0 Å². The molecule has 1 atom stereocenters. The van der Waals surface area contributed by atoms with Crippen LogP contribution < -0.4 is 15.0 Å². The predicted molar refractivity (Wildman–Crippen MR) is 140 cm³/mol. The van der Waals surface area contributed by atoms with E-state index in [1.54, 1.807) is 0 Å². The molecule has 7 nitrogen and oxygen atoms in total. The number of carbonyl (C=O) groups is 2. The number of nitrogens with one attached hydrogen (secondary N) is 1. The fraction of sp³-hybridized carbons (Fsp3) is 0.379. The predicted octanol–water partition coefficient (Wildman–Crippen LogP) is 5.27. The number of nitrogens with zero attached hydrogens (tertiary/aromatic N) is 3. The average molecular weight is 487 g/mol. The summed E-state index contributed by atoms with van der Waals surface area (Å²) in [5, 5.41) is 3.24. The molecule has 1 aromatic heterocycles. The molecule has 1 N–H and O–H groups in total. The van der Waals surface area contributed by atoms with Crippen LogP contribution in [-0.4, -0.2) is 34.4 Å². The Kier molecular flexibility index (Phi) is 8.66. The molecule has 36 heavy (non-hydrogen) atoms. The second-order valence-electron chi connectivity index (χ2n) is 9.03. The standard InChI is InChI=1S/C29H34N4O3/c1-3-21-10-14-24(15-11-21)33(29(35)26-20-30-18-19-31-26)27(22-12-16-25(17-13-22)36-4-2)28(34)32-23-8-6-5-7-9-23/h10-20,23,27H,3-9H2,1-2H3,(H,32,34). The van der Waals surface area contributed by atoms with Gasteiger partial charge in [-0.05, 0) is 61.6 Å². The van der Waals surface area contributed by atoms with Crippen LogP contribution in [0.5, 0.6) is 5.75 Å². The van der Waals surface area contributed by atoms with Crippen molar-refractivity contribution >= 4 is 17.5 Å². The van der Waals surface area contributed by atoms with Crippen molar-refractivity contribution in [1.29, 1.82) is 0 Å². The lowest BCUT2D eigenvalue weighted by atomic mass is 9.94. The van der Waals surface area contributed by atoms with Gasteiger partial charge in [0.2, 0.25) is 5.91 Å². The number of rotatable bonds is 9. The molecule has 3 aromatic rings. The Morgan fingerprint density at radius 3 is 2.33 bits per heavy atom. The largest absolute Gasteiger partial charge is 0.494 e. The molecule has 0 saturated heterocycles. The molecule has 1 saturated carbocycles. The van der Waals surface area contributed by atoms with Gasteiger partial charge in [-0.2, -0.15) is 0 Å². The van der Waals surface area contributed by atoms with Crippen LogP contribution in [0.4, 0.5) is 5.69 Å². The highest BCUT2D eigenvalue weighted by atomic mass is 16.5. The molecule has 0 aliphatic heterocycles. The summed E-state index contributed by atoms with van der Waals surface area (Å²) in [5.41, 5.74) is 2.65. The maximum Gasteiger partial charge on any atom is 0.279 e. The zero-order valence-corrected chi connectivity index (χ0v) is 21.0. The van der Waals surface area contributed by atoms with Gasteiger partial charge in [-0.15, -0.1) is 0 Å². The highest BCUT2D eigenvalue weighted by molar-refractivity contribution is 6.09. The van der Waals surface area contributed by atoms with Crippen LogP contribution in [0.25, 0.3) is 0 Å². The molecule has 0 bridgehead atoms. The number of aromatic nitrogens is 2. The summed E-state index contributed by atoms with van der Waals surface area (Å²) < 4.78 is 5.61. The van der Waals surface area contributed by atoms with Crippen molar-refractivity contribution in [3.8, 4) is 5.75 Å². The molecule has 7 heteroatoms. The van der Waals surface area contributed by atoms with E-state index in [1.807, 2.05) is 55.5 Å². The normalized spacial score (nSPS) is 14.6. The fourth-order valence-electron chi connectivity index (χ4n) is 4.67. The Morgan fingerprint density at radius 1 is 1.00 bits per heavy atom. The first-order chi connectivity index (χ1) is 17.6. The number of carbonyl (C=O) groups excluding carboxylic acids is 2. The maximum absolute atomic E-state index is 13.9. The maximum atomic E-state index is 13.9. The molecule has 1 unspecified atom stereocenters. The summed E-state index contributed by atoms with van der Waals surface area (Å²) in [6, 6.07) is 14.4. The lowest BCUT2D eigenvalue weighted by Crippen LogP contribution is -2.47. The van der Waals surface area contributed by atoms with Crippen LogP contribution in [0.3, 0.4) is 0 Å². The van der Waals surface area contributed by atoms with Crippen molar-refractivity contribution in [3.05, 3.63) is 83.9 Å². The average Bonchev–Trinajstić information content (AvgIpc) is 2.93. The Bertz CT molecular complexity index is 1130. The van der Waals surface area contributed by atoms with E-state index in [0.717, 1.165) is 37.7 Å². The number of hydrogen-bond donors (Lipinski definition) is 1. The number of ether oxygens (including phenoxy) is 1. The number of hydrogen-bond acceptors (Lipinski definition) is 5. The molecule has 1 fully saturated rings. The van der Waals surface area contributed by atoms with Gasteiger partial charge in [0.1, 0.15) is 17.5 Å². The Balaban J connectivity index is 1.78. The smallest absolute Gasteiger partial charge is 0.279 e. The zero-order valence-electron chi connectivity index (χ0n) is 21.0. The first-order valence-electron chi connectivity index (χ1n) is 12.8. The third-order valence-electron chi connectivity index (χ3n) is 6.59. The third-order valence-corrected chi connectivity index (χ3v) is 6.59. The minimum Gasteiger partial charge on any atom is -0.494 e. The Hall–Kier alpha value is -3.74. The van der Waals surface area contributed by atoms with E-state index in [9.17, 15) is 9.59 Å². The summed E-state index contributed by atoms with van der Waals surface area (Å²) in [6.45, 7) is 4.55. The van der Waals surface area contributed by atoms with E-state index in [-0.39, 0.29) is 23.6 Å². The Morgan fingerprint density at radius 2 is 1.72 bits per heavy atom. The van der Waals surface area contributed by atoms with Gasteiger partial charge < -0.3 is 10.1 Å². The van der Waals surface area contributed by atoms with Gasteiger partial charge >= 0.3 is 0 Å². The summed E-state index contributed by atoms with van der Waals surface area (Å²) >= 11 is 0. The van der Waals surface area contributed by atoms with Crippen LogP contribution in [0, 0.1) is 0 Å². The van der Waals surface area contributed by atoms with Gasteiger partial charge in [-0.1, -0.05) is 50.5 Å². The molecule has 0 radical (unpaired) electrons. The van der Waals surface area contributed by atoms with Crippen LogP contribution in [-0.2, 0) is 11.2 Å². The van der Waals surface area contributed by atoms with Crippen molar-refractivity contribution < 1.29 is 14.3 Å². The zero-order chi connectivity index (χ0) is 25.3. The molecule has 0 spiro atoms. The third kappa shape index (κ3) is 6.08. The van der Waals surface area contributed by atoms with Crippen molar-refractivity contribution in [2.45, 2.75) is 64.5 Å². The highest BCUT2D eigenvalue weighted by Gasteiger charge is 2.35. The fourth-order valence-corrected chi connectivity index (χ4v) is 4.67. The quantitative estimate of drug-likeness (QED) is 0.445. The van der Waals surface area contributed by atoms with Crippen LogP contribution in [0.15, 0.2) is 67.1 Å². The van der Waals surface area contributed by atoms with E-state index < -0.39 is 6.04 Å². The summed E-state index contributed by atoms with van der Waals surface area (Å²) in [7, 11) is 0. The van der Waals surface area contributed by atoms with Gasteiger partial charge in [0.15, 0.2) is 0 Å².